The normalized spacial score (nSPS) is 12.3. The molecular weight excluding hydrogens is 292 g/mol. The smallest absolute Gasteiger partial charge is 0.238 e. The molecule has 4 heteroatoms. The van der Waals surface area contributed by atoms with Crippen molar-refractivity contribution in [2.45, 2.75) is 40.2 Å². The van der Waals surface area contributed by atoms with Crippen LogP contribution in [0.3, 0.4) is 0 Å². The van der Waals surface area contributed by atoms with Crippen molar-refractivity contribution in [2.75, 3.05) is 11.9 Å². The second kappa shape index (κ2) is 6.90. The third-order valence-electron chi connectivity index (χ3n) is 2.99. The lowest BCUT2D eigenvalue weighted by Crippen LogP contribution is -2.34. The molecule has 0 aliphatic rings. The molecule has 1 atom stereocenters. The number of carbonyl (C=O) groups is 1. The van der Waals surface area contributed by atoms with Crippen LogP contribution in [0.25, 0.3) is 0 Å². The van der Waals surface area contributed by atoms with Crippen LogP contribution in [0.5, 0.6) is 0 Å². The fourth-order valence-corrected chi connectivity index (χ4v) is 2.39. The van der Waals surface area contributed by atoms with Crippen LogP contribution in [0, 0.1) is 13.8 Å². The van der Waals surface area contributed by atoms with Gasteiger partial charge in [-0.1, -0.05) is 22.9 Å². The summed E-state index contributed by atoms with van der Waals surface area (Å²) in [6.45, 7) is 8.51. The zero-order valence-electron chi connectivity index (χ0n) is 11.4. The summed E-state index contributed by atoms with van der Waals surface area (Å²) in [4.78, 5) is 11.8. The predicted octanol–water partition coefficient (Wildman–Crippen LogP) is 3.39. The number of amides is 1. The highest BCUT2D eigenvalue weighted by molar-refractivity contribution is 9.10. The van der Waals surface area contributed by atoms with Gasteiger partial charge in [0, 0.05) is 16.2 Å². The van der Waals surface area contributed by atoms with Crippen molar-refractivity contribution in [3.05, 3.63) is 27.7 Å². The van der Waals surface area contributed by atoms with E-state index in [9.17, 15) is 4.79 Å². The van der Waals surface area contributed by atoms with E-state index in [4.69, 9.17) is 0 Å². The Hall–Kier alpha value is -0.870. The molecule has 18 heavy (non-hydrogen) atoms. The Morgan fingerprint density at radius 2 is 1.89 bits per heavy atom. The van der Waals surface area contributed by atoms with Crippen molar-refractivity contribution >= 4 is 27.5 Å². The van der Waals surface area contributed by atoms with E-state index in [-0.39, 0.29) is 5.91 Å². The third-order valence-corrected chi connectivity index (χ3v) is 3.44. The molecule has 0 saturated heterocycles. The summed E-state index contributed by atoms with van der Waals surface area (Å²) in [5, 5.41) is 6.14. The fraction of sp³-hybridized carbons (Fsp3) is 0.500. The zero-order chi connectivity index (χ0) is 13.7. The summed E-state index contributed by atoms with van der Waals surface area (Å²) >= 11 is 3.45. The molecule has 1 aromatic carbocycles. The van der Waals surface area contributed by atoms with Gasteiger partial charge in [0.2, 0.25) is 5.91 Å². The summed E-state index contributed by atoms with van der Waals surface area (Å²) in [5.41, 5.74) is 3.05. The molecule has 0 saturated carbocycles. The lowest BCUT2D eigenvalue weighted by Gasteiger charge is -2.14. The molecule has 0 fully saturated rings. The molecule has 2 N–H and O–H groups in total. The van der Waals surface area contributed by atoms with E-state index in [0.717, 1.165) is 27.7 Å². The van der Waals surface area contributed by atoms with Crippen LogP contribution in [0.1, 0.15) is 31.4 Å². The quantitative estimate of drug-likeness (QED) is 0.875. The molecule has 1 unspecified atom stereocenters. The van der Waals surface area contributed by atoms with Crippen LogP contribution < -0.4 is 10.6 Å². The first kappa shape index (κ1) is 15.2. The van der Waals surface area contributed by atoms with E-state index < -0.39 is 0 Å². The predicted molar refractivity (Wildman–Crippen MR) is 80.0 cm³/mol. The number of hydrogen-bond acceptors (Lipinski definition) is 2. The first-order valence-electron chi connectivity index (χ1n) is 6.24. The van der Waals surface area contributed by atoms with Crippen LogP contribution in [0.4, 0.5) is 5.69 Å². The maximum absolute atomic E-state index is 11.8. The van der Waals surface area contributed by atoms with Gasteiger partial charge in [-0.3, -0.25) is 4.79 Å². The van der Waals surface area contributed by atoms with Gasteiger partial charge in [-0.2, -0.15) is 0 Å². The van der Waals surface area contributed by atoms with Crippen molar-refractivity contribution < 1.29 is 4.79 Å². The lowest BCUT2D eigenvalue weighted by atomic mass is 10.1. The number of nitrogens with one attached hydrogen (secondary N) is 2. The summed E-state index contributed by atoms with van der Waals surface area (Å²) in [6.07, 6.45) is 1.02. The number of hydrogen-bond donors (Lipinski definition) is 2. The highest BCUT2D eigenvalue weighted by Crippen LogP contribution is 2.24. The fourth-order valence-electron chi connectivity index (χ4n) is 1.70. The van der Waals surface area contributed by atoms with Gasteiger partial charge in [0.15, 0.2) is 0 Å². The van der Waals surface area contributed by atoms with Crippen LogP contribution in [0.2, 0.25) is 0 Å². The first-order chi connectivity index (χ1) is 8.43. The molecule has 0 heterocycles. The topological polar surface area (TPSA) is 41.1 Å². The minimum Gasteiger partial charge on any atom is -0.324 e. The number of aryl methyl sites for hydroxylation is 2. The minimum absolute atomic E-state index is 0.00354. The van der Waals surface area contributed by atoms with Crippen molar-refractivity contribution in [1.82, 2.24) is 5.32 Å². The van der Waals surface area contributed by atoms with Gasteiger partial charge in [0.05, 0.1) is 6.54 Å². The molecule has 0 bridgehead atoms. The maximum Gasteiger partial charge on any atom is 0.238 e. The van der Waals surface area contributed by atoms with E-state index in [2.05, 4.69) is 40.4 Å². The van der Waals surface area contributed by atoms with Gasteiger partial charge < -0.3 is 10.6 Å². The van der Waals surface area contributed by atoms with Gasteiger partial charge in [-0.25, -0.2) is 0 Å². The molecular formula is C14H21BrN2O. The van der Waals surface area contributed by atoms with Gasteiger partial charge >= 0.3 is 0 Å². The molecule has 0 aliphatic carbocycles. The van der Waals surface area contributed by atoms with Gasteiger partial charge in [-0.15, -0.1) is 0 Å². The second-order valence-electron chi connectivity index (χ2n) is 4.65. The molecule has 3 nitrogen and oxygen atoms in total. The Labute approximate surface area is 117 Å². The van der Waals surface area contributed by atoms with Crippen molar-refractivity contribution in [1.29, 1.82) is 0 Å². The van der Waals surface area contributed by atoms with Gasteiger partial charge in [0.1, 0.15) is 0 Å². The van der Waals surface area contributed by atoms with Crippen LogP contribution in [-0.2, 0) is 4.79 Å². The Kier molecular flexibility index (Phi) is 5.82. The van der Waals surface area contributed by atoms with Crippen molar-refractivity contribution in [3.63, 3.8) is 0 Å². The zero-order valence-corrected chi connectivity index (χ0v) is 13.0. The lowest BCUT2D eigenvalue weighted by molar-refractivity contribution is -0.115. The SMILES string of the molecule is CCC(C)NCC(=O)Nc1c(C)cc(Br)cc1C. The van der Waals surface area contributed by atoms with Crippen LogP contribution >= 0.6 is 15.9 Å². The van der Waals surface area contributed by atoms with Crippen LogP contribution in [0.15, 0.2) is 16.6 Å². The van der Waals surface area contributed by atoms with Crippen molar-refractivity contribution in [3.8, 4) is 0 Å². The summed E-state index contributed by atoms with van der Waals surface area (Å²) in [7, 11) is 0. The van der Waals surface area contributed by atoms with Crippen molar-refractivity contribution in [2.24, 2.45) is 0 Å². The monoisotopic (exact) mass is 312 g/mol. The molecule has 0 aliphatic heterocycles. The molecule has 1 aromatic rings. The number of carbonyl (C=O) groups excluding carboxylic acids is 1. The maximum atomic E-state index is 11.8. The highest BCUT2D eigenvalue weighted by Gasteiger charge is 2.09. The first-order valence-corrected chi connectivity index (χ1v) is 7.03. The molecule has 0 aromatic heterocycles. The molecule has 0 radical (unpaired) electrons. The van der Waals surface area contributed by atoms with E-state index in [1.165, 1.54) is 0 Å². The number of anilines is 1. The number of halogens is 1. The van der Waals surface area contributed by atoms with Crippen LogP contribution in [-0.4, -0.2) is 18.5 Å². The molecule has 1 amide bonds. The largest absolute Gasteiger partial charge is 0.324 e. The average molecular weight is 313 g/mol. The number of rotatable bonds is 5. The van der Waals surface area contributed by atoms with Gasteiger partial charge in [0.25, 0.3) is 0 Å². The Morgan fingerprint density at radius 3 is 2.39 bits per heavy atom. The summed E-state index contributed by atoms with van der Waals surface area (Å²) in [6, 6.07) is 4.37. The van der Waals surface area contributed by atoms with E-state index in [0.29, 0.717) is 12.6 Å². The molecule has 1 rings (SSSR count). The third kappa shape index (κ3) is 4.42. The highest BCUT2D eigenvalue weighted by atomic mass is 79.9. The Balaban J connectivity index is 2.65. The van der Waals surface area contributed by atoms with E-state index in [1.54, 1.807) is 0 Å². The molecule has 0 spiro atoms. The van der Waals surface area contributed by atoms with Gasteiger partial charge in [-0.05, 0) is 50.5 Å². The Morgan fingerprint density at radius 1 is 1.33 bits per heavy atom. The summed E-state index contributed by atoms with van der Waals surface area (Å²) in [5.74, 6) is 0.00354. The average Bonchev–Trinajstić information content (AvgIpc) is 2.30. The Bertz CT molecular complexity index is 409. The number of benzene rings is 1. The summed E-state index contributed by atoms with van der Waals surface area (Å²) < 4.78 is 1.04. The van der Waals surface area contributed by atoms with E-state index in [1.807, 2.05) is 26.0 Å². The standard InChI is InChI=1S/C14H21BrN2O/c1-5-11(4)16-8-13(18)17-14-9(2)6-12(15)7-10(14)3/h6-7,11,16H,5,8H2,1-4H3,(H,17,18). The van der Waals surface area contributed by atoms with E-state index >= 15 is 0 Å². The minimum atomic E-state index is 0.00354. The molecule has 100 valence electrons. The second-order valence-corrected chi connectivity index (χ2v) is 5.57.